The summed E-state index contributed by atoms with van der Waals surface area (Å²) in [5, 5.41) is 0.208. The molecule has 0 aliphatic heterocycles. The number of aromatic nitrogens is 2. The van der Waals surface area contributed by atoms with E-state index in [0.717, 1.165) is 43.2 Å². The molecule has 1 amide bonds. The van der Waals surface area contributed by atoms with Crippen molar-refractivity contribution in [3.8, 4) is 0 Å². The van der Waals surface area contributed by atoms with Gasteiger partial charge in [0.1, 0.15) is 5.69 Å². The van der Waals surface area contributed by atoms with E-state index in [1.54, 1.807) is 12.1 Å². The van der Waals surface area contributed by atoms with Crippen molar-refractivity contribution in [2.75, 3.05) is 0 Å². The number of carbonyl (C=O) groups is 1. The van der Waals surface area contributed by atoms with Crippen molar-refractivity contribution in [2.45, 2.75) is 52.4 Å². The number of nitrogens with one attached hydrogen (secondary N) is 1. The molecule has 4 rings (SSSR count). The number of halogens is 3. The van der Waals surface area contributed by atoms with Crippen LogP contribution in [0.15, 0.2) is 41.5 Å². The van der Waals surface area contributed by atoms with Gasteiger partial charge >= 0.3 is 0 Å². The highest BCUT2D eigenvalue weighted by Gasteiger charge is 2.22. The summed E-state index contributed by atoms with van der Waals surface area (Å²) in [6, 6.07) is 5.71. The summed E-state index contributed by atoms with van der Waals surface area (Å²) in [7, 11) is 0. The lowest BCUT2D eigenvalue weighted by atomic mass is 9.97. The maximum Gasteiger partial charge on any atom is 0.268 e. The Bertz CT molecular complexity index is 1120. The molecule has 1 aromatic carbocycles. The zero-order valence-corrected chi connectivity index (χ0v) is 19.2. The Balaban J connectivity index is 0.000000195. The Morgan fingerprint density at radius 1 is 1.16 bits per heavy atom. The molecule has 5 nitrogen and oxygen atoms in total. The quantitative estimate of drug-likeness (QED) is 0.459. The van der Waals surface area contributed by atoms with E-state index in [-0.39, 0.29) is 21.5 Å². The molecule has 1 aliphatic rings. The molecule has 0 saturated heterocycles. The van der Waals surface area contributed by atoms with E-state index in [9.17, 15) is 18.4 Å². The Morgan fingerprint density at radius 3 is 2.38 bits per heavy atom. The first kappa shape index (κ1) is 25.5. The molecule has 8 heteroatoms. The second-order valence-electron chi connectivity index (χ2n) is 8.27. The molecular formula is C24H28ClF2N3O2. The molecule has 172 valence electrons. The number of hydrogen-bond donors (Lipinski definition) is 2. The summed E-state index contributed by atoms with van der Waals surface area (Å²) in [6.07, 6.45) is 7.31. The third-order valence-electron chi connectivity index (χ3n) is 4.76. The highest BCUT2D eigenvalue weighted by Crippen LogP contribution is 2.38. The van der Waals surface area contributed by atoms with Crippen molar-refractivity contribution < 1.29 is 13.6 Å². The van der Waals surface area contributed by atoms with Gasteiger partial charge in [0, 0.05) is 18.5 Å². The van der Waals surface area contributed by atoms with Crippen molar-refractivity contribution in [1.29, 1.82) is 0 Å². The van der Waals surface area contributed by atoms with Gasteiger partial charge in [-0.25, -0.2) is 8.78 Å². The van der Waals surface area contributed by atoms with E-state index >= 15 is 0 Å². The van der Waals surface area contributed by atoms with Crippen LogP contribution < -0.4 is 11.2 Å². The fraction of sp³-hybridized carbons (Fsp3) is 0.375. The maximum absolute atomic E-state index is 13.1. The fourth-order valence-corrected chi connectivity index (χ4v) is 3.71. The first-order valence-corrected chi connectivity index (χ1v) is 10.9. The molecule has 3 N–H and O–H groups in total. The standard InChI is InChI=1S/C11H11ClF2.C9H7N3O2.C4H10/c12-10-8(7-3-1-2-4-7)5-6-9(13)11(10)14;10-9(14)8-7-5(1-3-12-8)11-4-2-6(7)13;1-4(2)3/h5-7H,1-4H2;1-4H,(H2,10,14)(H,11,13);4H,1-3H3. The largest absolute Gasteiger partial charge is 0.364 e. The normalized spacial score (nSPS) is 13.3. The van der Waals surface area contributed by atoms with E-state index in [2.05, 4.69) is 30.7 Å². The van der Waals surface area contributed by atoms with Gasteiger partial charge in [-0.2, -0.15) is 0 Å². The average Bonchev–Trinajstić information content (AvgIpc) is 3.26. The van der Waals surface area contributed by atoms with Crippen LogP contribution in [0.25, 0.3) is 10.9 Å². The number of hydrogen-bond acceptors (Lipinski definition) is 3. The highest BCUT2D eigenvalue weighted by atomic mass is 35.5. The predicted octanol–water partition coefficient (Wildman–Crippen LogP) is 5.96. The van der Waals surface area contributed by atoms with Crippen LogP contribution in [0.3, 0.4) is 0 Å². The third kappa shape index (κ3) is 6.60. The third-order valence-corrected chi connectivity index (χ3v) is 5.15. The highest BCUT2D eigenvalue weighted by molar-refractivity contribution is 6.31. The molecule has 1 aliphatic carbocycles. The van der Waals surface area contributed by atoms with Gasteiger partial charge < -0.3 is 10.7 Å². The number of amides is 1. The summed E-state index contributed by atoms with van der Waals surface area (Å²) >= 11 is 5.76. The molecule has 1 saturated carbocycles. The Labute approximate surface area is 191 Å². The molecular weight excluding hydrogens is 436 g/mol. The van der Waals surface area contributed by atoms with Crippen molar-refractivity contribution in [2.24, 2.45) is 11.7 Å². The summed E-state index contributed by atoms with van der Waals surface area (Å²) in [5.41, 5.74) is 6.16. The van der Waals surface area contributed by atoms with Gasteiger partial charge in [-0.15, -0.1) is 0 Å². The van der Waals surface area contributed by atoms with Crippen LogP contribution in [0.5, 0.6) is 0 Å². The summed E-state index contributed by atoms with van der Waals surface area (Å²) in [5.74, 6) is -1.32. The minimum Gasteiger partial charge on any atom is -0.364 e. The topological polar surface area (TPSA) is 88.8 Å². The first-order chi connectivity index (χ1) is 15.1. The molecule has 0 spiro atoms. The van der Waals surface area contributed by atoms with Gasteiger partial charge in [0.15, 0.2) is 17.1 Å². The fourth-order valence-electron chi connectivity index (χ4n) is 3.40. The van der Waals surface area contributed by atoms with Gasteiger partial charge in [0.2, 0.25) is 0 Å². The summed E-state index contributed by atoms with van der Waals surface area (Å²) in [4.78, 5) is 29.0. The lowest BCUT2D eigenvalue weighted by Gasteiger charge is -2.11. The smallest absolute Gasteiger partial charge is 0.268 e. The number of nitrogens with two attached hydrogens (primary N) is 1. The molecule has 2 heterocycles. The van der Waals surface area contributed by atoms with Crippen LogP contribution in [0, 0.1) is 17.6 Å². The van der Waals surface area contributed by atoms with Crippen LogP contribution in [0.2, 0.25) is 5.02 Å². The molecule has 0 bridgehead atoms. The maximum atomic E-state index is 13.1. The number of benzene rings is 1. The lowest BCUT2D eigenvalue weighted by molar-refractivity contribution is 0.0997. The second kappa shape index (κ2) is 11.7. The average molecular weight is 464 g/mol. The molecule has 3 aromatic rings. The summed E-state index contributed by atoms with van der Waals surface area (Å²) < 4.78 is 25.9. The Hall–Kier alpha value is -2.80. The zero-order valence-electron chi connectivity index (χ0n) is 18.4. The van der Waals surface area contributed by atoms with Crippen molar-refractivity contribution in [3.63, 3.8) is 0 Å². The van der Waals surface area contributed by atoms with Gasteiger partial charge in [0.05, 0.1) is 15.9 Å². The number of carbonyl (C=O) groups excluding carboxylic acids is 1. The Kier molecular flexibility index (Phi) is 9.32. The Morgan fingerprint density at radius 2 is 1.78 bits per heavy atom. The second-order valence-corrected chi connectivity index (χ2v) is 8.64. The number of nitrogens with zero attached hydrogens (tertiary/aromatic N) is 1. The molecule has 0 atom stereocenters. The van der Waals surface area contributed by atoms with Crippen molar-refractivity contribution in [3.05, 3.63) is 74.8 Å². The number of rotatable bonds is 2. The first-order valence-electron chi connectivity index (χ1n) is 10.5. The van der Waals surface area contributed by atoms with E-state index < -0.39 is 17.5 Å². The number of primary amides is 1. The van der Waals surface area contributed by atoms with Crippen LogP contribution in [-0.2, 0) is 0 Å². The van der Waals surface area contributed by atoms with Gasteiger partial charge in [-0.1, -0.05) is 51.3 Å². The SMILES string of the molecule is CC(C)C.Fc1ccc(C2CCCC2)c(Cl)c1F.NC(=O)c1nccc2[nH]ccc(=O)c12. The van der Waals surface area contributed by atoms with Crippen LogP contribution in [-0.4, -0.2) is 15.9 Å². The van der Waals surface area contributed by atoms with Gasteiger partial charge in [0.25, 0.3) is 5.91 Å². The molecule has 0 unspecified atom stereocenters. The van der Waals surface area contributed by atoms with Gasteiger partial charge in [-0.3, -0.25) is 14.6 Å². The monoisotopic (exact) mass is 463 g/mol. The van der Waals surface area contributed by atoms with E-state index in [1.807, 2.05) is 0 Å². The lowest BCUT2D eigenvalue weighted by Crippen LogP contribution is -2.17. The van der Waals surface area contributed by atoms with Crippen molar-refractivity contribution in [1.82, 2.24) is 9.97 Å². The minimum absolute atomic E-state index is 0.00403. The van der Waals surface area contributed by atoms with Gasteiger partial charge in [-0.05, 0) is 42.4 Å². The van der Waals surface area contributed by atoms with E-state index in [0.29, 0.717) is 11.4 Å². The van der Waals surface area contributed by atoms with Crippen LogP contribution in [0.1, 0.15) is 68.4 Å². The minimum atomic E-state index is -0.906. The number of H-pyrrole nitrogens is 1. The predicted molar refractivity (Wildman–Crippen MR) is 124 cm³/mol. The molecule has 2 aromatic heterocycles. The number of fused-ring (bicyclic) bond motifs is 1. The molecule has 0 radical (unpaired) electrons. The van der Waals surface area contributed by atoms with Crippen molar-refractivity contribution >= 4 is 28.4 Å². The van der Waals surface area contributed by atoms with E-state index in [4.69, 9.17) is 17.3 Å². The molecule has 32 heavy (non-hydrogen) atoms. The summed E-state index contributed by atoms with van der Waals surface area (Å²) in [6.45, 7) is 6.50. The van der Waals surface area contributed by atoms with Crippen LogP contribution in [0.4, 0.5) is 8.78 Å². The molecule has 1 fully saturated rings. The van der Waals surface area contributed by atoms with E-state index in [1.165, 1.54) is 18.5 Å². The number of aromatic amines is 1. The van der Waals surface area contributed by atoms with Crippen LogP contribution >= 0.6 is 11.6 Å². The number of pyridine rings is 2. The zero-order chi connectivity index (χ0) is 23.8.